The molecule has 30 heavy (non-hydrogen) atoms. The van der Waals surface area contributed by atoms with Crippen LogP contribution in [-0.4, -0.2) is 27.2 Å². The minimum Gasteiger partial charge on any atom is -0.493 e. The van der Waals surface area contributed by atoms with Gasteiger partial charge in [0.15, 0.2) is 17.2 Å². The van der Waals surface area contributed by atoms with Gasteiger partial charge in [-0.2, -0.15) is 5.26 Å². The average molecular weight is 406 g/mol. The van der Waals surface area contributed by atoms with Gasteiger partial charge in [-0.25, -0.2) is 4.79 Å². The zero-order valence-corrected chi connectivity index (χ0v) is 16.5. The van der Waals surface area contributed by atoms with Crippen LogP contribution in [0.5, 0.6) is 23.0 Å². The molecule has 2 atom stereocenters. The number of rotatable bonds is 4. The smallest absolute Gasteiger partial charge is 0.343 e. The maximum Gasteiger partial charge on any atom is 0.343 e. The minimum atomic E-state index is -1.04. The zero-order chi connectivity index (χ0) is 21.4. The fraction of sp³-hybridized carbons (Fsp3) is 0.227. The molecule has 3 aromatic rings. The average Bonchev–Trinajstić information content (AvgIpc) is 2.77. The molecule has 0 spiro atoms. The fourth-order valence-corrected chi connectivity index (χ4v) is 3.78. The first-order valence-corrected chi connectivity index (χ1v) is 9.05. The van der Waals surface area contributed by atoms with Gasteiger partial charge in [-0.15, -0.1) is 0 Å². The van der Waals surface area contributed by atoms with Crippen molar-refractivity contribution in [3.63, 3.8) is 0 Å². The highest BCUT2D eigenvalue weighted by atomic mass is 16.5. The number of hydrogen-bond donors (Lipinski definition) is 1. The van der Waals surface area contributed by atoms with Crippen LogP contribution in [0.2, 0.25) is 0 Å². The first-order valence-electron chi connectivity index (χ1n) is 9.05. The van der Waals surface area contributed by atoms with Crippen molar-refractivity contribution in [3.05, 3.63) is 57.9 Å². The van der Waals surface area contributed by atoms with Gasteiger partial charge >= 0.3 is 5.63 Å². The molecule has 152 valence electrons. The summed E-state index contributed by atoms with van der Waals surface area (Å²) in [5, 5.41) is 18.6. The third kappa shape index (κ3) is 2.83. The highest BCUT2D eigenvalue weighted by molar-refractivity contribution is 5.93. The van der Waals surface area contributed by atoms with Crippen LogP contribution in [-0.2, 0) is 0 Å². The molecule has 0 aliphatic carbocycles. The normalized spacial score (nSPS) is 17.6. The Bertz CT molecular complexity index is 1230. The summed E-state index contributed by atoms with van der Waals surface area (Å²) >= 11 is 0. The highest BCUT2D eigenvalue weighted by Gasteiger charge is 2.41. The van der Waals surface area contributed by atoms with Crippen LogP contribution in [0.1, 0.15) is 17.0 Å². The molecule has 1 aliphatic heterocycles. The second kappa shape index (κ2) is 7.44. The van der Waals surface area contributed by atoms with Crippen LogP contribution in [0.25, 0.3) is 11.0 Å². The molecule has 0 amide bonds. The number of benzene rings is 2. The summed E-state index contributed by atoms with van der Waals surface area (Å²) in [5.74, 6) is -0.770. The summed E-state index contributed by atoms with van der Waals surface area (Å²) in [4.78, 5) is 12.9. The van der Waals surface area contributed by atoms with Crippen LogP contribution < -0.4 is 24.6 Å². The van der Waals surface area contributed by atoms with Gasteiger partial charge in [0, 0.05) is 5.92 Å². The van der Waals surface area contributed by atoms with Crippen LogP contribution in [0.15, 0.2) is 45.6 Å². The van der Waals surface area contributed by atoms with Crippen molar-refractivity contribution in [2.75, 3.05) is 21.3 Å². The second-order valence-electron chi connectivity index (χ2n) is 6.64. The Hall–Kier alpha value is -3.99. The Morgan fingerprint density at radius 2 is 1.73 bits per heavy atom. The van der Waals surface area contributed by atoms with E-state index in [1.807, 2.05) is 0 Å². The summed E-state index contributed by atoms with van der Waals surface area (Å²) in [5.41, 5.74) is 0.418. The lowest BCUT2D eigenvalue weighted by Gasteiger charge is -2.30. The number of para-hydroxylation sites is 1. The van der Waals surface area contributed by atoms with Gasteiger partial charge in [0.25, 0.3) is 0 Å². The Labute approximate surface area is 171 Å². The molecular formula is C22H18N2O6. The quantitative estimate of drug-likeness (QED) is 0.660. The van der Waals surface area contributed by atoms with E-state index in [-0.39, 0.29) is 17.2 Å². The van der Waals surface area contributed by atoms with Crippen LogP contribution in [0.4, 0.5) is 0 Å². The molecule has 4 rings (SSSR count). The molecule has 0 radical (unpaired) electrons. The third-order valence-corrected chi connectivity index (χ3v) is 5.12. The molecule has 0 bridgehead atoms. The van der Waals surface area contributed by atoms with Gasteiger partial charge in [-0.05, 0) is 29.8 Å². The van der Waals surface area contributed by atoms with E-state index < -0.39 is 17.5 Å². The lowest BCUT2D eigenvalue weighted by atomic mass is 9.79. The maximum atomic E-state index is 12.9. The van der Waals surface area contributed by atoms with Crippen molar-refractivity contribution in [1.29, 1.82) is 10.7 Å². The standard InChI is InChI=1S/C22H18N2O6/c1-26-15-8-11(9-16(27-2)20(15)28-3)17-13(10-23)21(24)30-19-12-6-4-5-7-14(12)29-22(25)18(17)19/h4-9,13,17,24H,1-3H3. The number of ether oxygens (including phenoxy) is 4. The first-order chi connectivity index (χ1) is 14.5. The van der Waals surface area contributed by atoms with Crippen LogP contribution in [0, 0.1) is 22.7 Å². The molecule has 2 unspecified atom stereocenters. The minimum absolute atomic E-state index is 0.172. The number of methoxy groups -OCH3 is 3. The van der Waals surface area contributed by atoms with Gasteiger partial charge in [0.1, 0.15) is 11.5 Å². The molecule has 0 fully saturated rings. The van der Waals surface area contributed by atoms with E-state index in [1.54, 1.807) is 36.4 Å². The van der Waals surface area contributed by atoms with E-state index in [0.717, 1.165) is 0 Å². The molecule has 2 heterocycles. The second-order valence-corrected chi connectivity index (χ2v) is 6.64. The molecule has 1 aliphatic rings. The van der Waals surface area contributed by atoms with E-state index >= 15 is 0 Å². The molecule has 1 aromatic heterocycles. The van der Waals surface area contributed by atoms with Gasteiger partial charge in [0.2, 0.25) is 11.6 Å². The topological polar surface area (TPSA) is 115 Å². The Morgan fingerprint density at radius 1 is 1.07 bits per heavy atom. The zero-order valence-electron chi connectivity index (χ0n) is 16.5. The van der Waals surface area contributed by atoms with E-state index in [0.29, 0.717) is 33.8 Å². The molecule has 2 aromatic carbocycles. The predicted molar refractivity (Wildman–Crippen MR) is 108 cm³/mol. The van der Waals surface area contributed by atoms with Crippen LogP contribution in [0.3, 0.4) is 0 Å². The monoisotopic (exact) mass is 406 g/mol. The molecule has 1 N–H and O–H groups in total. The third-order valence-electron chi connectivity index (χ3n) is 5.12. The largest absolute Gasteiger partial charge is 0.493 e. The first kappa shape index (κ1) is 19.3. The Kier molecular flexibility index (Phi) is 4.80. The van der Waals surface area contributed by atoms with Gasteiger partial charge < -0.3 is 23.4 Å². The molecule has 8 heteroatoms. The molecular weight excluding hydrogens is 388 g/mol. The molecule has 0 saturated heterocycles. The Balaban J connectivity index is 2.05. The maximum absolute atomic E-state index is 12.9. The van der Waals surface area contributed by atoms with Crippen molar-refractivity contribution in [2.45, 2.75) is 5.92 Å². The van der Waals surface area contributed by atoms with Crippen molar-refractivity contribution in [1.82, 2.24) is 0 Å². The lowest BCUT2D eigenvalue weighted by molar-refractivity contribution is 0.323. The predicted octanol–water partition coefficient (Wildman–Crippen LogP) is 3.46. The summed E-state index contributed by atoms with van der Waals surface area (Å²) in [6, 6.07) is 12.3. The molecule has 0 saturated carbocycles. The van der Waals surface area contributed by atoms with Crippen molar-refractivity contribution >= 4 is 16.9 Å². The van der Waals surface area contributed by atoms with E-state index in [4.69, 9.17) is 28.8 Å². The SMILES string of the molecule is COc1cc(C2c3c(c4ccccc4oc3=O)OC(=N)C2C#N)cc(OC)c1OC. The van der Waals surface area contributed by atoms with Crippen molar-refractivity contribution in [2.24, 2.45) is 5.92 Å². The number of nitrogens with one attached hydrogen (secondary N) is 1. The number of hydrogen-bond acceptors (Lipinski definition) is 8. The number of nitriles is 1. The highest BCUT2D eigenvalue weighted by Crippen LogP contribution is 2.47. The van der Waals surface area contributed by atoms with E-state index in [2.05, 4.69) is 6.07 Å². The fourth-order valence-electron chi connectivity index (χ4n) is 3.78. The number of fused-ring (bicyclic) bond motifs is 3. The summed E-state index contributed by atoms with van der Waals surface area (Å²) < 4.78 is 27.4. The summed E-state index contributed by atoms with van der Waals surface area (Å²) in [6.45, 7) is 0. The van der Waals surface area contributed by atoms with E-state index in [1.165, 1.54) is 21.3 Å². The van der Waals surface area contributed by atoms with Gasteiger partial charge in [-0.1, -0.05) is 12.1 Å². The van der Waals surface area contributed by atoms with E-state index in [9.17, 15) is 10.1 Å². The van der Waals surface area contributed by atoms with Gasteiger partial charge in [-0.3, -0.25) is 5.41 Å². The van der Waals surface area contributed by atoms with Crippen molar-refractivity contribution in [3.8, 4) is 29.1 Å². The van der Waals surface area contributed by atoms with Gasteiger partial charge in [0.05, 0.1) is 38.3 Å². The summed E-state index contributed by atoms with van der Waals surface area (Å²) in [7, 11) is 4.44. The molecule has 8 nitrogen and oxygen atoms in total. The lowest BCUT2D eigenvalue weighted by Crippen LogP contribution is -2.34. The number of nitrogens with zero attached hydrogens (tertiary/aromatic N) is 1. The summed E-state index contributed by atoms with van der Waals surface area (Å²) in [6.07, 6.45) is 0. The van der Waals surface area contributed by atoms with Crippen molar-refractivity contribution < 1.29 is 23.4 Å². The van der Waals surface area contributed by atoms with Crippen LogP contribution >= 0.6 is 0 Å². The Morgan fingerprint density at radius 3 is 2.33 bits per heavy atom.